The predicted molar refractivity (Wildman–Crippen MR) is 66.4 cm³/mol. The van der Waals surface area contributed by atoms with Gasteiger partial charge in [0.15, 0.2) is 5.82 Å². The van der Waals surface area contributed by atoms with Gasteiger partial charge in [0.25, 0.3) is 0 Å². The molecule has 2 rings (SSSR count). The standard InChI is InChI=1S/C10H16N4O3S/c1-2-3-7-4-9(13-12-7)14-6-8(5-10(14)15)18(11,16)17/h4,8H,2-3,5-6H2,1H3,(H,12,13)(H2,11,16,17). The number of aromatic amines is 1. The van der Waals surface area contributed by atoms with Crippen LogP contribution >= 0.6 is 0 Å². The van der Waals surface area contributed by atoms with Crippen LogP contribution in [0.4, 0.5) is 5.82 Å². The van der Waals surface area contributed by atoms with Crippen LogP contribution in [-0.4, -0.2) is 36.3 Å². The number of hydrogen-bond acceptors (Lipinski definition) is 4. The summed E-state index contributed by atoms with van der Waals surface area (Å²) in [6.45, 7) is 2.12. The van der Waals surface area contributed by atoms with E-state index < -0.39 is 15.3 Å². The normalized spacial score (nSPS) is 20.7. The average Bonchev–Trinajstić information content (AvgIpc) is 2.84. The van der Waals surface area contributed by atoms with E-state index in [-0.39, 0.29) is 18.9 Å². The Labute approximate surface area is 105 Å². The number of carbonyl (C=O) groups excluding carboxylic acids is 1. The molecule has 1 unspecified atom stereocenters. The maximum atomic E-state index is 11.8. The molecule has 1 aliphatic rings. The van der Waals surface area contributed by atoms with E-state index in [0.717, 1.165) is 18.5 Å². The first-order valence-electron chi connectivity index (χ1n) is 5.78. The van der Waals surface area contributed by atoms with Crippen molar-refractivity contribution in [1.29, 1.82) is 0 Å². The van der Waals surface area contributed by atoms with Gasteiger partial charge in [-0.15, -0.1) is 0 Å². The molecule has 7 nitrogen and oxygen atoms in total. The third-order valence-corrected chi connectivity index (χ3v) is 4.21. The highest BCUT2D eigenvalue weighted by Crippen LogP contribution is 2.23. The smallest absolute Gasteiger partial charge is 0.229 e. The highest BCUT2D eigenvalue weighted by Gasteiger charge is 2.38. The summed E-state index contributed by atoms with van der Waals surface area (Å²) in [6.07, 6.45) is 1.73. The van der Waals surface area contributed by atoms with Crippen LogP contribution < -0.4 is 10.0 Å². The third-order valence-electron chi connectivity index (χ3n) is 2.97. The van der Waals surface area contributed by atoms with Crippen molar-refractivity contribution >= 4 is 21.7 Å². The zero-order valence-corrected chi connectivity index (χ0v) is 10.9. The number of nitrogens with one attached hydrogen (secondary N) is 1. The van der Waals surface area contributed by atoms with E-state index in [1.165, 1.54) is 4.90 Å². The first-order valence-corrected chi connectivity index (χ1v) is 7.39. The third kappa shape index (κ3) is 2.54. The number of anilines is 1. The van der Waals surface area contributed by atoms with Crippen LogP contribution in [0.25, 0.3) is 0 Å². The van der Waals surface area contributed by atoms with Gasteiger partial charge in [0.2, 0.25) is 15.9 Å². The Kier molecular flexibility index (Phi) is 3.40. The second-order valence-corrected chi connectivity index (χ2v) is 6.27. The lowest BCUT2D eigenvalue weighted by molar-refractivity contribution is -0.117. The monoisotopic (exact) mass is 272 g/mol. The molecule has 1 atom stereocenters. The molecule has 1 amide bonds. The highest BCUT2D eigenvalue weighted by molar-refractivity contribution is 7.89. The Morgan fingerprint density at radius 3 is 2.89 bits per heavy atom. The van der Waals surface area contributed by atoms with Gasteiger partial charge in [-0.25, -0.2) is 13.6 Å². The number of aromatic nitrogens is 2. The molecule has 1 aromatic rings. The summed E-state index contributed by atoms with van der Waals surface area (Å²) in [5.41, 5.74) is 0.930. The SMILES string of the molecule is CCCc1cc(N2CC(S(N)(=O)=O)CC2=O)n[nH]1. The van der Waals surface area contributed by atoms with Crippen molar-refractivity contribution in [2.45, 2.75) is 31.4 Å². The molecule has 8 heteroatoms. The van der Waals surface area contributed by atoms with Gasteiger partial charge in [-0.05, 0) is 6.42 Å². The molecular weight excluding hydrogens is 256 g/mol. The van der Waals surface area contributed by atoms with Crippen molar-refractivity contribution in [3.05, 3.63) is 11.8 Å². The van der Waals surface area contributed by atoms with Gasteiger partial charge in [-0.2, -0.15) is 5.10 Å². The fourth-order valence-electron chi connectivity index (χ4n) is 2.00. The second-order valence-electron chi connectivity index (χ2n) is 4.42. The van der Waals surface area contributed by atoms with Crippen LogP contribution in [0.15, 0.2) is 6.07 Å². The van der Waals surface area contributed by atoms with Crippen LogP contribution in [0.3, 0.4) is 0 Å². The van der Waals surface area contributed by atoms with E-state index in [4.69, 9.17) is 5.14 Å². The van der Waals surface area contributed by atoms with E-state index >= 15 is 0 Å². The number of aryl methyl sites for hydroxylation is 1. The van der Waals surface area contributed by atoms with E-state index in [9.17, 15) is 13.2 Å². The molecule has 1 aromatic heterocycles. The lowest BCUT2D eigenvalue weighted by atomic mass is 10.2. The van der Waals surface area contributed by atoms with Gasteiger partial charge in [-0.1, -0.05) is 13.3 Å². The number of rotatable bonds is 4. The first kappa shape index (κ1) is 13.0. The van der Waals surface area contributed by atoms with E-state index in [2.05, 4.69) is 10.2 Å². The number of carbonyl (C=O) groups is 1. The highest BCUT2D eigenvalue weighted by atomic mass is 32.2. The number of amides is 1. The Hall–Kier alpha value is -1.41. The van der Waals surface area contributed by atoms with Gasteiger partial charge in [0.1, 0.15) is 5.25 Å². The summed E-state index contributed by atoms with van der Waals surface area (Å²) in [5, 5.41) is 11.1. The number of primary sulfonamides is 1. The van der Waals surface area contributed by atoms with Crippen LogP contribution in [-0.2, 0) is 21.2 Å². The van der Waals surface area contributed by atoms with Crippen LogP contribution in [0.2, 0.25) is 0 Å². The molecule has 100 valence electrons. The van der Waals surface area contributed by atoms with Crippen molar-refractivity contribution in [1.82, 2.24) is 10.2 Å². The molecule has 0 aliphatic carbocycles. The lowest BCUT2D eigenvalue weighted by Gasteiger charge is -2.12. The predicted octanol–water partition coefficient (Wildman–Crippen LogP) is -0.244. The summed E-state index contributed by atoms with van der Waals surface area (Å²) < 4.78 is 22.5. The zero-order chi connectivity index (χ0) is 13.3. The van der Waals surface area contributed by atoms with Crippen molar-refractivity contribution in [3.63, 3.8) is 0 Å². The van der Waals surface area contributed by atoms with Crippen molar-refractivity contribution in [2.75, 3.05) is 11.4 Å². The number of hydrogen-bond donors (Lipinski definition) is 2. The molecule has 0 spiro atoms. The summed E-state index contributed by atoms with van der Waals surface area (Å²) in [4.78, 5) is 13.1. The number of H-pyrrole nitrogens is 1. The van der Waals surface area contributed by atoms with Crippen molar-refractivity contribution < 1.29 is 13.2 Å². The summed E-state index contributed by atoms with van der Waals surface area (Å²) in [6, 6.07) is 1.77. The van der Waals surface area contributed by atoms with Crippen molar-refractivity contribution in [3.8, 4) is 0 Å². The van der Waals surface area contributed by atoms with Gasteiger partial charge in [0, 0.05) is 24.7 Å². The molecule has 0 bridgehead atoms. The maximum Gasteiger partial charge on any atom is 0.229 e. The van der Waals surface area contributed by atoms with Crippen LogP contribution in [0.5, 0.6) is 0 Å². The molecule has 1 aliphatic heterocycles. The average molecular weight is 272 g/mol. The number of nitrogens with zero attached hydrogens (tertiary/aromatic N) is 2. The van der Waals surface area contributed by atoms with Crippen LogP contribution in [0, 0.1) is 0 Å². The van der Waals surface area contributed by atoms with Gasteiger partial charge >= 0.3 is 0 Å². The second kappa shape index (κ2) is 4.69. The van der Waals surface area contributed by atoms with E-state index in [0.29, 0.717) is 5.82 Å². The van der Waals surface area contributed by atoms with Crippen molar-refractivity contribution in [2.24, 2.45) is 5.14 Å². The van der Waals surface area contributed by atoms with Gasteiger partial charge < -0.3 is 0 Å². The molecular formula is C10H16N4O3S. The molecule has 1 saturated heterocycles. The zero-order valence-electron chi connectivity index (χ0n) is 10.1. The van der Waals surface area contributed by atoms with Gasteiger partial charge in [-0.3, -0.25) is 14.8 Å². The minimum atomic E-state index is -3.68. The molecule has 1 fully saturated rings. The van der Waals surface area contributed by atoms with E-state index in [1.54, 1.807) is 6.07 Å². The minimum absolute atomic E-state index is 0.0746. The molecule has 18 heavy (non-hydrogen) atoms. The topological polar surface area (TPSA) is 109 Å². The Balaban J connectivity index is 2.16. The van der Waals surface area contributed by atoms with Gasteiger partial charge in [0.05, 0.1) is 0 Å². The number of nitrogens with two attached hydrogens (primary N) is 1. The first-order chi connectivity index (χ1) is 8.41. The lowest BCUT2D eigenvalue weighted by Crippen LogP contribution is -2.32. The molecule has 0 radical (unpaired) electrons. The molecule has 2 heterocycles. The quantitative estimate of drug-likeness (QED) is 0.788. The Bertz CT molecular complexity index is 551. The van der Waals surface area contributed by atoms with Crippen LogP contribution in [0.1, 0.15) is 25.5 Å². The summed E-state index contributed by atoms with van der Waals surface area (Å²) >= 11 is 0. The summed E-state index contributed by atoms with van der Waals surface area (Å²) in [7, 11) is -3.68. The number of sulfonamides is 1. The summed E-state index contributed by atoms with van der Waals surface area (Å²) in [5.74, 6) is 0.207. The molecule has 0 saturated carbocycles. The fourth-order valence-corrected chi connectivity index (χ4v) is 2.73. The maximum absolute atomic E-state index is 11.8. The Morgan fingerprint density at radius 1 is 1.61 bits per heavy atom. The fraction of sp³-hybridized carbons (Fsp3) is 0.600. The molecule has 3 N–H and O–H groups in total. The molecule has 0 aromatic carbocycles. The largest absolute Gasteiger partial charge is 0.294 e. The minimum Gasteiger partial charge on any atom is -0.294 e. The van der Waals surface area contributed by atoms with E-state index in [1.807, 2.05) is 6.92 Å². The Morgan fingerprint density at radius 2 is 2.33 bits per heavy atom.